The second kappa shape index (κ2) is 5.08. The van der Waals surface area contributed by atoms with Gasteiger partial charge in [0.2, 0.25) is 0 Å². The van der Waals surface area contributed by atoms with Gasteiger partial charge in [-0.05, 0) is 36.5 Å². The first kappa shape index (κ1) is 12.4. The maximum Gasteiger partial charge on any atom is 0.488 e. The van der Waals surface area contributed by atoms with Gasteiger partial charge >= 0.3 is 7.12 Å². The molecular formula is C11H13BClNO3. The quantitative estimate of drug-likeness (QED) is 0.743. The minimum Gasteiger partial charge on any atom is -0.423 e. The summed E-state index contributed by atoms with van der Waals surface area (Å²) in [4.78, 5) is 13.8. The minimum absolute atomic E-state index is 0.105. The number of likely N-dealkylation sites (tertiary alicyclic amines) is 1. The molecule has 1 fully saturated rings. The van der Waals surface area contributed by atoms with E-state index < -0.39 is 7.12 Å². The Hall–Kier alpha value is -1.04. The summed E-state index contributed by atoms with van der Waals surface area (Å²) in [5.41, 5.74) is 0.641. The highest BCUT2D eigenvalue weighted by Gasteiger charge is 2.21. The van der Waals surface area contributed by atoms with E-state index >= 15 is 0 Å². The van der Waals surface area contributed by atoms with Gasteiger partial charge in [0, 0.05) is 23.7 Å². The topological polar surface area (TPSA) is 60.8 Å². The lowest BCUT2D eigenvalue weighted by Crippen LogP contribution is -2.33. The van der Waals surface area contributed by atoms with E-state index in [0.29, 0.717) is 10.6 Å². The molecule has 90 valence electrons. The first-order valence-corrected chi connectivity index (χ1v) is 5.91. The van der Waals surface area contributed by atoms with Crippen LogP contribution in [0.1, 0.15) is 23.2 Å². The predicted molar refractivity (Wildman–Crippen MR) is 66.4 cm³/mol. The number of hydrogen-bond donors (Lipinski definition) is 2. The molecule has 1 aromatic carbocycles. The molecule has 0 bridgehead atoms. The Balaban J connectivity index is 2.28. The number of nitrogens with zero attached hydrogens (tertiary/aromatic N) is 1. The summed E-state index contributed by atoms with van der Waals surface area (Å²) in [5, 5.41) is 18.5. The predicted octanol–water partition coefficient (Wildman–Crippen LogP) is 0.256. The van der Waals surface area contributed by atoms with Crippen LogP contribution in [0.2, 0.25) is 5.02 Å². The fourth-order valence-electron chi connectivity index (χ4n) is 1.99. The summed E-state index contributed by atoms with van der Waals surface area (Å²) in [6.07, 6.45) is 2.03. The Bertz CT molecular complexity index is 433. The van der Waals surface area contributed by atoms with Crippen LogP contribution < -0.4 is 5.46 Å². The Morgan fingerprint density at radius 3 is 2.47 bits per heavy atom. The van der Waals surface area contributed by atoms with Gasteiger partial charge in [-0.25, -0.2) is 0 Å². The molecule has 0 aliphatic carbocycles. The first-order valence-electron chi connectivity index (χ1n) is 5.54. The van der Waals surface area contributed by atoms with Crippen molar-refractivity contribution < 1.29 is 14.8 Å². The molecule has 1 heterocycles. The van der Waals surface area contributed by atoms with Gasteiger partial charge in [-0.2, -0.15) is 0 Å². The van der Waals surface area contributed by atoms with Gasteiger partial charge in [0.1, 0.15) is 0 Å². The largest absolute Gasteiger partial charge is 0.488 e. The van der Waals surface area contributed by atoms with Gasteiger partial charge in [-0.1, -0.05) is 11.6 Å². The lowest BCUT2D eigenvalue weighted by molar-refractivity contribution is 0.0793. The summed E-state index contributed by atoms with van der Waals surface area (Å²) in [6, 6.07) is 4.46. The fourth-order valence-corrected chi connectivity index (χ4v) is 2.23. The van der Waals surface area contributed by atoms with E-state index in [0.717, 1.165) is 25.9 Å². The number of halogens is 1. The van der Waals surface area contributed by atoms with Crippen molar-refractivity contribution >= 4 is 30.1 Å². The van der Waals surface area contributed by atoms with Crippen LogP contribution in [0.3, 0.4) is 0 Å². The normalized spacial score (nSPS) is 15.1. The van der Waals surface area contributed by atoms with Crippen LogP contribution in [0.5, 0.6) is 0 Å². The van der Waals surface area contributed by atoms with Crippen LogP contribution in [-0.4, -0.2) is 41.1 Å². The van der Waals surface area contributed by atoms with E-state index in [1.165, 1.54) is 12.1 Å². The lowest BCUT2D eigenvalue weighted by atomic mass is 9.79. The Morgan fingerprint density at radius 2 is 1.88 bits per heavy atom. The van der Waals surface area contributed by atoms with Gasteiger partial charge in [0.05, 0.1) is 0 Å². The number of benzene rings is 1. The SMILES string of the molecule is O=C(c1cc(Cl)cc(B(O)O)c1)N1CCCC1. The third-order valence-electron chi connectivity index (χ3n) is 2.86. The molecule has 6 heteroatoms. The second-order valence-corrected chi connectivity index (χ2v) is 4.58. The van der Waals surface area contributed by atoms with Crippen molar-refractivity contribution in [3.8, 4) is 0 Å². The standard InChI is InChI=1S/C11H13BClNO3/c13-10-6-8(5-9(7-10)12(16)17)11(15)14-3-1-2-4-14/h5-7,16-17H,1-4H2. The zero-order valence-corrected chi connectivity index (χ0v) is 10.0. The average molecular weight is 253 g/mol. The van der Waals surface area contributed by atoms with Gasteiger partial charge < -0.3 is 14.9 Å². The summed E-state index contributed by atoms with van der Waals surface area (Å²) in [5.74, 6) is -0.105. The highest BCUT2D eigenvalue weighted by Crippen LogP contribution is 2.15. The lowest BCUT2D eigenvalue weighted by Gasteiger charge is -2.16. The molecule has 17 heavy (non-hydrogen) atoms. The van der Waals surface area contributed by atoms with Crippen LogP contribution in [0.15, 0.2) is 18.2 Å². The van der Waals surface area contributed by atoms with Crippen LogP contribution in [0.4, 0.5) is 0 Å². The molecule has 1 saturated heterocycles. The van der Waals surface area contributed by atoms with Crippen molar-refractivity contribution in [2.24, 2.45) is 0 Å². The van der Waals surface area contributed by atoms with Crippen molar-refractivity contribution in [3.63, 3.8) is 0 Å². The van der Waals surface area contributed by atoms with Crippen molar-refractivity contribution in [1.82, 2.24) is 4.90 Å². The molecule has 4 nitrogen and oxygen atoms in total. The molecule has 0 radical (unpaired) electrons. The molecular weight excluding hydrogens is 240 g/mol. The van der Waals surface area contributed by atoms with E-state index in [9.17, 15) is 4.79 Å². The van der Waals surface area contributed by atoms with Gasteiger partial charge in [-0.3, -0.25) is 4.79 Å². The third kappa shape index (κ3) is 2.80. The van der Waals surface area contributed by atoms with Crippen molar-refractivity contribution in [2.75, 3.05) is 13.1 Å². The van der Waals surface area contributed by atoms with E-state index in [2.05, 4.69) is 0 Å². The Morgan fingerprint density at radius 1 is 1.24 bits per heavy atom. The van der Waals surface area contributed by atoms with E-state index in [1.54, 1.807) is 11.0 Å². The van der Waals surface area contributed by atoms with Crippen LogP contribution in [0, 0.1) is 0 Å². The van der Waals surface area contributed by atoms with Gasteiger partial charge in [0.15, 0.2) is 0 Å². The maximum absolute atomic E-state index is 12.1. The summed E-state index contributed by atoms with van der Waals surface area (Å²) in [6.45, 7) is 1.50. The molecule has 0 saturated carbocycles. The van der Waals surface area contributed by atoms with Crippen molar-refractivity contribution in [2.45, 2.75) is 12.8 Å². The molecule has 0 unspecified atom stereocenters. The summed E-state index contributed by atoms with van der Waals surface area (Å²) >= 11 is 5.85. The summed E-state index contributed by atoms with van der Waals surface area (Å²) < 4.78 is 0. The number of carbonyl (C=O) groups excluding carboxylic acids is 1. The van der Waals surface area contributed by atoms with Crippen LogP contribution >= 0.6 is 11.6 Å². The number of hydrogen-bond acceptors (Lipinski definition) is 3. The number of rotatable bonds is 2. The zero-order valence-electron chi connectivity index (χ0n) is 9.27. The maximum atomic E-state index is 12.1. The number of amides is 1. The first-order chi connectivity index (χ1) is 8.08. The van der Waals surface area contributed by atoms with Crippen molar-refractivity contribution in [1.29, 1.82) is 0 Å². The Labute approximate surface area is 105 Å². The molecule has 1 aliphatic heterocycles. The molecule has 1 aliphatic rings. The molecule has 2 rings (SSSR count). The smallest absolute Gasteiger partial charge is 0.423 e. The average Bonchev–Trinajstić information content (AvgIpc) is 2.80. The second-order valence-electron chi connectivity index (χ2n) is 4.15. The molecule has 0 spiro atoms. The molecule has 1 aromatic rings. The summed E-state index contributed by atoms with van der Waals surface area (Å²) in [7, 11) is -1.61. The van der Waals surface area contributed by atoms with Gasteiger partial charge in [-0.15, -0.1) is 0 Å². The Kier molecular flexibility index (Phi) is 3.71. The van der Waals surface area contributed by atoms with Crippen molar-refractivity contribution in [3.05, 3.63) is 28.8 Å². The fraction of sp³-hybridized carbons (Fsp3) is 0.364. The van der Waals surface area contributed by atoms with Crippen LogP contribution in [-0.2, 0) is 0 Å². The van der Waals surface area contributed by atoms with Gasteiger partial charge in [0.25, 0.3) is 5.91 Å². The highest BCUT2D eigenvalue weighted by molar-refractivity contribution is 6.59. The third-order valence-corrected chi connectivity index (χ3v) is 3.08. The molecule has 1 amide bonds. The molecule has 2 N–H and O–H groups in total. The zero-order chi connectivity index (χ0) is 12.4. The highest BCUT2D eigenvalue weighted by atomic mass is 35.5. The molecule has 0 atom stereocenters. The molecule has 0 aromatic heterocycles. The van der Waals surface area contributed by atoms with E-state index in [-0.39, 0.29) is 11.4 Å². The van der Waals surface area contributed by atoms with Crippen LogP contribution in [0.25, 0.3) is 0 Å². The van der Waals surface area contributed by atoms with E-state index in [4.69, 9.17) is 21.6 Å². The monoisotopic (exact) mass is 253 g/mol. The van der Waals surface area contributed by atoms with E-state index in [1.807, 2.05) is 0 Å². The number of carbonyl (C=O) groups is 1. The minimum atomic E-state index is -1.61.